The van der Waals surface area contributed by atoms with E-state index in [4.69, 9.17) is 20.9 Å². The molecule has 1 amide bonds. The molecule has 1 aromatic heterocycles. The van der Waals surface area contributed by atoms with E-state index in [1.807, 2.05) is 0 Å². The molecule has 0 aliphatic heterocycles. The number of nitrogens with one attached hydrogen (secondary N) is 1. The number of halogens is 1. The Labute approximate surface area is 163 Å². The molecule has 2 aromatic rings. The topological polar surface area (TPSA) is 81.4 Å². The number of amides is 1. The highest BCUT2D eigenvalue weighted by molar-refractivity contribution is 6.30. The second-order valence-corrected chi connectivity index (χ2v) is 7.16. The number of anilines is 1. The Morgan fingerprint density at radius 3 is 2.59 bits per heavy atom. The monoisotopic (exact) mass is 390 g/mol. The number of esters is 1. The van der Waals surface area contributed by atoms with Crippen molar-refractivity contribution in [1.82, 2.24) is 5.16 Å². The maximum atomic E-state index is 12.5. The highest BCUT2D eigenvalue weighted by Crippen LogP contribution is 2.31. The van der Waals surface area contributed by atoms with Crippen molar-refractivity contribution < 1.29 is 18.8 Å². The number of hydrogen-bond donors (Lipinski definition) is 1. The maximum Gasteiger partial charge on any atom is 0.346 e. The predicted molar refractivity (Wildman–Crippen MR) is 103 cm³/mol. The standard InChI is InChI=1S/C20H23ClN2O4/c1-2-26-20(25)17-18(14-8-10-15(21)11-9-14)23-27-19(17)22-16(24)12-13-6-4-3-5-7-13/h8-11,13H,2-7,12H2,1H3,(H,22,24). The van der Waals surface area contributed by atoms with Gasteiger partial charge in [-0.2, -0.15) is 0 Å². The fraction of sp³-hybridized carbons (Fsp3) is 0.450. The molecule has 1 aliphatic carbocycles. The van der Waals surface area contributed by atoms with Gasteiger partial charge in [0.2, 0.25) is 11.8 Å². The Hall–Kier alpha value is -2.34. The van der Waals surface area contributed by atoms with Crippen LogP contribution in [-0.4, -0.2) is 23.6 Å². The van der Waals surface area contributed by atoms with Crippen LogP contribution in [0.4, 0.5) is 5.88 Å². The first kappa shape index (κ1) is 19.4. The van der Waals surface area contributed by atoms with Gasteiger partial charge < -0.3 is 9.26 Å². The van der Waals surface area contributed by atoms with Crippen molar-refractivity contribution in [3.63, 3.8) is 0 Å². The van der Waals surface area contributed by atoms with Gasteiger partial charge in [-0.15, -0.1) is 0 Å². The second kappa shape index (κ2) is 9.04. The Bertz CT molecular complexity index is 795. The zero-order valence-electron chi connectivity index (χ0n) is 15.3. The molecule has 1 N–H and O–H groups in total. The third-order valence-corrected chi connectivity index (χ3v) is 4.99. The van der Waals surface area contributed by atoms with E-state index in [2.05, 4.69) is 10.5 Å². The van der Waals surface area contributed by atoms with Crippen LogP contribution in [0.2, 0.25) is 5.02 Å². The zero-order chi connectivity index (χ0) is 19.2. The SMILES string of the molecule is CCOC(=O)c1c(-c2ccc(Cl)cc2)noc1NC(=O)CC1CCCCC1. The van der Waals surface area contributed by atoms with Crippen molar-refractivity contribution in [3.8, 4) is 11.3 Å². The molecular formula is C20H23ClN2O4. The number of ether oxygens (including phenoxy) is 1. The van der Waals surface area contributed by atoms with Crippen LogP contribution in [0, 0.1) is 5.92 Å². The Morgan fingerprint density at radius 2 is 1.93 bits per heavy atom. The van der Waals surface area contributed by atoms with E-state index in [9.17, 15) is 9.59 Å². The Kier molecular flexibility index (Phi) is 6.50. The van der Waals surface area contributed by atoms with E-state index in [1.54, 1.807) is 31.2 Å². The summed E-state index contributed by atoms with van der Waals surface area (Å²) in [4.78, 5) is 24.9. The molecule has 1 aromatic carbocycles. The van der Waals surface area contributed by atoms with Crippen LogP contribution in [0.25, 0.3) is 11.3 Å². The van der Waals surface area contributed by atoms with Crippen LogP contribution in [0.5, 0.6) is 0 Å². The van der Waals surface area contributed by atoms with E-state index < -0.39 is 5.97 Å². The van der Waals surface area contributed by atoms with Crippen molar-refractivity contribution in [2.75, 3.05) is 11.9 Å². The van der Waals surface area contributed by atoms with E-state index in [0.29, 0.717) is 28.6 Å². The minimum Gasteiger partial charge on any atom is -0.462 e. The maximum absolute atomic E-state index is 12.5. The lowest BCUT2D eigenvalue weighted by molar-refractivity contribution is -0.117. The molecule has 0 atom stereocenters. The number of carbonyl (C=O) groups is 2. The molecule has 6 nitrogen and oxygen atoms in total. The largest absolute Gasteiger partial charge is 0.462 e. The summed E-state index contributed by atoms with van der Waals surface area (Å²) in [6.45, 7) is 1.92. The number of carbonyl (C=O) groups excluding carboxylic acids is 2. The molecule has 0 bridgehead atoms. The average molecular weight is 391 g/mol. The smallest absolute Gasteiger partial charge is 0.346 e. The first-order valence-corrected chi connectivity index (χ1v) is 9.69. The average Bonchev–Trinajstić information content (AvgIpc) is 3.06. The third-order valence-electron chi connectivity index (χ3n) is 4.74. The van der Waals surface area contributed by atoms with Gasteiger partial charge in [-0.25, -0.2) is 4.79 Å². The van der Waals surface area contributed by atoms with Crippen molar-refractivity contribution >= 4 is 29.4 Å². The summed E-state index contributed by atoms with van der Waals surface area (Å²) in [5.74, 6) is -0.356. The molecule has 1 fully saturated rings. The van der Waals surface area contributed by atoms with Gasteiger partial charge >= 0.3 is 5.97 Å². The minimum atomic E-state index is -0.586. The predicted octanol–water partition coefficient (Wildman–Crippen LogP) is 5.08. The van der Waals surface area contributed by atoms with Crippen molar-refractivity contribution in [3.05, 3.63) is 34.9 Å². The van der Waals surface area contributed by atoms with Crippen LogP contribution >= 0.6 is 11.6 Å². The van der Waals surface area contributed by atoms with Gasteiger partial charge in [-0.05, 0) is 37.8 Å². The van der Waals surface area contributed by atoms with Crippen LogP contribution in [0.3, 0.4) is 0 Å². The van der Waals surface area contributed by atoms with Crippen molar-refractivity contribution in [2.45, 2.75) is 45.4 Å². The normalized spacial score (nSPS) is 14.7. The summed E-state index contributed by atoms with van der Waals surface area (Å²) in [5.41, 5.74) is 1.09. The number of rotatable bonds is 6. The highest BCUT2D eigenvalue weighted by atomic mass is 35.5. The van der Waals surface area contributed by atoms with Crippen LogP contribution < -0.4 is 5.32 Å². The first-order valence-electron chi connectivity index (χ1n) is 9.31. The van der Waals surface area contributed by atoms with Gasteiger partial charge in [0.25, 0.3) is 0 Å². The molecule has 1 heterocycles. The number of hydrogen-bond acceptors (Lipinski definition) is 5. The molecule has 144 valence electrons. The van der Waals surface area contributed by atoms with E-state index in [0.717, 1.165) is 25.7 Å². The number of aromatic nitrogens is 1. The summed E-state index contributed by atoms with van der Waals surface area (Å²) in [7, 11) is 0. The first-order chi connectivity index (χ1) is 13.1. The van der Waals surface area contributed by atoms with Crippen molar-refractivity contribution in [1.29, 1.82) is 0 Å². The summed E-state index contributed by atoms with van der Waals surface area (Å²) >= 11 is 5.93. The van der Waals surface area contributed by atoms with Crippen LogP contribution in [0.1, 0.15) is 55.8 Å². The van der Waals surface area contributed by atoms with Gasteiger partial charge in [0, 0.05) is 17.0 Å². The lowest BCUT2D eigenvalue weighted by Gasteiger charge is -2.20. The molecule has 0 radical (unpaired) electrons. The van der Waals surface area contributed by atoms with E-state index in [1.165, 1.54) is 6.42 Å². The fourth-order valence-corrected chi connectivity index (χ4v) is 3.53. The Morgan fingerprint density at radius 1 is 1.22 bits per heavy atom. The van der Waals surface area contributed by atoms with E-state index in [-0.39, 0.29) is 24.0 Å². The van der Waals surface area contributed by atoms with Gasteiger partial charge in [0.1, 0.15) is 5.69 Å². The molecule has 27 heavy (non-hydrogen) atoms. The van der Waals surface area contributed by atoms with Gasteiger partial charge in [-0.3, -0.25) is 10.1 Å². The van der Waals surface area contributed by atoms with Gasteiger partial charge in [0.05, 0.1) is 6.61 Å². The molecule has 1 aliphatic rings. The highest BCUT2D eigenvalue weighted by Gasteiger charge is 2.27. The molecule has 0 spiro atoms. The summed E-state index contributed by atoms with van der Waals surface area (Å²) in [5, 5.41) is 7.26. The minimum absolute atomic E-state index is 0.0270. The fourth-order valence-electron chi connectivity index (χ4n) is 3.40. The van der Waals surface area contributed by atoms with Gasteiger partial charge in [0.15, 0.2) is 5.56 Å². The second-order valence-electron chi connectivity index (χ2n) is 6.72. The third kappa shape index (κ3) is 4.89. The molecule has 7 heteroatoms. The summed E-state index contributed by atoms with van der Waals surface area (Å²) in [6, 6.07) is 6.86. The van der Waals surface area contributed by atoms with Crippen LogP contribution in [-0.2, 0) is 9.53 Å². The molecule has 0 saturated heterocycles. The molecular weight excluding hydrogens is 368 g/mol. The quantitative estimate of drug-likeness (QED) is 0.695. The molecule has 1 saturated carbocycles. The van der Waals surface area contributed by atoms with E-state index >= 15 is 0 Å². The lowest BCUT2D eigenvalue weighted by atomic mass is 9.87. The Balaban J connectivity index is 1.82. The molecule has 3 rings (SSSR count). The summed E-state index contributed by atoms with van der Waals surface area (Å²) < 4.78 is 10.4. The summed E-state index contributed by atoms with van der Waals surface area (Å²) in [6.07, 6.45) is 6.09. The lowest BCUT2D eigenvalue weighted by Crippen LogP contribution is -2.19. The van der Waals surface area contributed by atoms with Gasteiger partial charge in [-0.1, -0.05) is 48.2 Å². The molecule has 0 unspecified atom stereocenters. The van der Waals surface area contributed by atoms with Crippen LogP contribution in [0.15, 0.2) is 28.8 Å². The number of benzene rings is 1. The zero-order valence-corrected chi connectivity index (χ0v) is 16.1. The number of nitrogens with zero attached hydrogens (tertiary/aromatic N) is 1. The van der Waals surface area contributed by atoms with Crippen molar-refractivity contribution in [2.24, 2.45) is 5.92 Å².